The molecular weight excluding hydrogens is 257 g/mol. The maximum atomic E-state index is 12.6. The van der Waals surface area contributed by atoms with Gasteiger partial charge in [-0.25, -0.2) is 0 Å². The molecule has 2 aromatic rings. The minimum absolute atomic E-state index is 0.310. The van der Waals surface area contributed by atoms with Crippen molar-refractivity contribution in [1.29, 1.82) is 0 Å². The van der Waals surface area contributed by atoms with Crippen LogP contribution in [0.5, 0.6) is 0 Å². The third kappa shape index (κ3) is 2.64. The van der Waals surface area contributed by atoms with Gasteiger partial charge in [-0.1, -0.05) is 6.07 Å². The van der Waals surface area contributed by atoms with Crippen LogP contribution < -0.4 is 11.1 Å². The molecule has 0 spiro atoms. The van der Waals surface area contributed by atoms with Gasteiger partial charge in [0.05, 0.1) is 16.9 Å². The zero-order valence-corrected chi connectivity index (χ0v) is 10.4. The molecule has 0 aliphatic carbocycles. The SMILES string of the molecule is Cc1nn(C)c(Nc2cccc(C(F)(F)F)c2)c1N. The standard InChI is InChI=1S/C12H13F3N4/c1-7-10(16)11(19(2)18-7)17-9-5-3-4-8(6-9)12(13,14)15/h3-6,17H,16H2,1-2H3. The van der Waals surface area contributed by atoms with Crippen LogP contribution in [-0.2, 0) is 13.2 Å². The first-order valence-corrected chi connectivity index (χ1v) is 5.52. The highest BCUT2D eigenvalue weighted by Crippen LogP contribution is 2.32. The largest absolute Gasteiger partial charge is 0.416 e. The van der Waals surface area contributed by atoms with Crippen molar-refractivity contribution in [2.75, 3.05) is 11.1 Å². The average Bonchev–Trinajstić information content (AvgIpc) is 2.55. The van der Waals surface area contributed by atoms with E-state index in [1.807, 2.05) is 0 Å². The summed E-state index contributed by atoms with van der Waals surface area (Å²) in [5.74, 6) is 0.469. The van der Waals surface area contributed by atoms with Crippen molar-refractivity contribution in [1.82, 2.24) is 9.78 Å². The zero-order chi connectivity index (χ0) is 14.2. The van der Waals surface area contributed by atoms with E-state index in [9.17, 15) is 13.2 Å². The third-order valence-electron chi connectivity index (χ3n) is 2.72. The molecule has 0 atom stereocenters. The number of hydrogen-bond donors (Lipinski definition) is 2. The summed E-state index contributed by atoms with van der Waals surface area (Å²) in [6.07, 6.45) is -4.37. The number of rotatable bonds is 2. The second kappa shape index (κ2) is 4.49. The fourth-order valence-electron chi connectivity index (χ4n) is 1.73. The molecule has 7 heteroatoms. The number of halogens is 3. The Morgan fingerprint density at radius 1 is 1.32 bits per heavy atom. The number of benzene rings is 1. The predicted octanol–water partition coefficient (Wildman–Crippen LogP) is 3.07. The summed E-state index contributed by atoms with van der Waals surface area (Å²) >= 11 is 0. The summed E-state index contributed by atoms with van der Waals surface area (Å²) in [6.45, 7) is 1.73. The molecular formula is C12H13F3N4. The van der Waals surface area contributed by atoms with Crippen molar-refractivity contribution < 1.29 is 13.2 Å². The molecule has 0 aliphatic rings. The first-order chi connectivity index (χ1) is 8.79. The van der Waals surface area contributed by atoms with Gasteiger partial charge in [-0.05, 0) is 25.1 Å². The summed E-state index contributed by atoms with van der Waals surface area (Å²) in [5, 5.41) is 6.93. The number of anilines is 3. The number of hydrogen-bond acceptors (Lipinski definition) is 3. The lowest BCUT2D eigenvalue weighted by Gasteiger charge is -2.11. The summed E-state index contributed by atoms with van der Waals surface area (Å²) in [7, 11) is 1.67. The van der Waals surface area contributed by atoms with Gasteiger partial charge >= 0.3 is 6.18 Å². The summed E-state index contributed by atoms with van der Waals surface area (Å²) in [4.78, 5) is 0. The number of aryl methyl sites for hydroxylation is 2. The van der Waals surface area contributed by atoms with Gasteiger partial charge in [0, 0.05) is 12.7 Å². The summed E-state index contributed by atoms with van der Waals surface area (Å²) < 4.78 is 39.3. The Kier molecular flexibility index (Phi) is 3.13. The predicted molar refractivity (Wildman–Crippen MR) is 67.1 cm³/mol. The lowest BCUT2D eigenvalue weighted by Crippen LogP contribution is -2.06. The quantitative estimate of drug-likeness (QED) is 0.881. The van der Waals surface area contributed by atoms with Crippen molar-refractivity contribution >= 4 is 17.2 Å². The lowest BCUT2D eigenvalue weighted by atomic mass is 10.2. The van der Waals surface area contributed by atoms with E-state index in [-0.39, 0.29) is 0 Å². The highest BCUT2D eigenvalue weighted by atomic mass is 19.4. The smallest absolute Gasteiger partial charge is 0.394 e. The van der Waals surface area contributed by atoms with E-state index < -0.39 is 11.7 Å². The van der Waals surface area contributed by atoms with E-state index >= 15 is 0 Å². The molecule has 2 rings (SSSR count). The Hall–Kier alpha value is -2.18. The molecule has 0 saturated carbocycles. The molecule has 0 saturated heterocycles. The van der Waals surface area contributed by atoms with Gasteiger partial charge in [-0.3, -0.25) is 4.68 Å². The van der Waals surface area contributed by atoms with Crippen molar-refractivity contribution in [3.05, 3.63) is 35.5 Å². The van der Waals surface area contributed by atoms with Crippen molar-refractivity contribution in [2.45, 2.75) is 13.1 Å². The molecule has 102 valence electrons. The van der Waals surface area contributed by atoms with E-state index in [1.54, 1.807) is 14.0 Å². The van der Waals surface area contributed by atoms with Crippen LogP contribution in [0.3, 0.4) is 0 Å². The van der Waals surface area contributed by atoms with E-state index in [1.165, 1.54) is 16.8 Å². The van der Waals surface area contributed by atoms with Crippen LogP contribution in [0.15, 0.2) is 24.3 Å². The summed E-state index contributed by atoms with van der Waals surface area (Å²) in [6, 6.07) is 4.92. The molecule has 0 bridgehead atoms. The molecule has 19 heavy (non-hydrogen) atoms. The van der Waals surface area contributed by atoms with Crippen LogP contribution in [0.2, 0.25) is 0 Å². The molecule has 0 amide bonds. The fourth-order valence-corrected chi connectivity index (χ4v) is 1.73. The minimum Gasteiger partial charge on any atom is -0.394 e. The van der Waals surface area contributed by atoms with E-state index in [0.29, 0.717) is 22.9 Å². The molecule has 0 unspecified atom stereocenters. The molecule has 1 aromatic carbocycles. The highest BCUT2D eigenvalue weighted by Gasteiger charge is 2.30. The Morgan fingerprint density at radius 2 is 2.00 bits per heavy atom. The second-order valence-corrected chi connectivity index (χ2v) is 4.17. The van der Waals surface area contributed by atoms with Crippen molar-refractivity contribution in [2.24, 2.45) is 7.05 Å². The Morgan fingerprint density at radius 3 is 2.53 bits per heavy atom. The Balaban J connectivity index is 2.34. The van der Waals surface area contributed by atoms with E-state index in [2.05, 4.69) is 10.4 Å². The molecule has 0 fully saturated rings. The first-order valence-electron chi connectivity index (χ1n) is 5.52. The van der Waals surface area contributed by atoms with E-state index in [4.69, 9.17) is 5.73 Å². The van der Waals surface area contributed by atoms with E-state index in [0.717, 1.165) is 12.1 Å². The van der Waals surface area contributed by atoms with Crippen LogP contribution >= 0.6 is 0 Å². The molecule has 4 nitrogen and oxygen atoms in total. The number of nitrogens with two attached hydrogens (primary N) is 1. The Labute approximate surface area is 108 Å². The first kappa shape index (κ1) is 13.3. The average molecular weight is 270 g/mol. The number of nitrogens with one attached hydrogen (secondary N) is 1. The van der Waals surface area contributed by atoms with Crippen molar-refractivity contribution in [3.63, 3.8) is 0 Å². The lowest BCUT2D eigenvalue weighted by molar-refractivity contribution is -0.137. The molecule has 0 aliphatic heterocycles. The van der Waals surface area contributed by atoms with Crippen LogP contribution in [-0.4, -0.2) is 9.78 Å². The van der Waals surface area contributed by atoms with Gasteiger partial charge in [-0.15, -0.1) is 0 Å². The molecule has 1 aromatic heterocycles. The molecule has 0 radical (unpaired) electrons. The number of nitrogens with zero attached hydrogens (tertiary/aromatic N) is 2. The van der Waals surface area contributed by atoms with Gasteiger partial charge in [0.2, 0.25) is 0 Å². The Bertz CT molecular complexity index is 602. The minimum atomic E-state index is -4.37. The highest BCUT2D eigenvalue weighted by molar-refractivity contribution is 5.71. The molecule has 1 heterocycles. The van der Waals surface area contributed by atoms with Gasteiger partial charge in [0.1, 0.15) is 0 Å². The number of nitrogen functional groups attached to an aromatic ring is 1. The number of aromatic nitrogens is 2. The van der Waals surface area contributed by atoms with Gasteiger partial charge in [-0.2, -0.15) is 18.3 Å². The van der Waals surface area contributed by atoms with Gasteiger partial charge in [0.15, 0.2) is 5.82 Å². The van der Waals surface area contributed by atoms with Crippen LogP contribution in [0.1, 0.15) is 11.3 Å². The fraction of sp³-hybridized carbons (Fsp3) is 0.250. The number of alkyl halides is 3. The normalized spacial score (nSPS) is 11.6. The third-order valence-corrected chi connectivity index (χ3v) is 2.72. The molecule has 3 N–H and O–H groups in total. The maximum absolute atomic E-state index is 12.6. The van der Waals surface area contributed by atoms with Crippen LogP contribution in [0, 0.1) is 6.92 Å². The van der Waals surface area contributed by atoms with Crippen LogP contribution in [0.4, 0.5) is 30.4 Å². The van der Waals surface area contributed by atoms with Crippen molar-refractivity contribution in [3.8, 4) is 0 Å². The maximum Gasteiger partial charge on any atom is 0.416 e. The summed E-state index contributed by atoms with van der Waals surface area (Å²) in [5.41, 5.74) is 6.44. The zero-order valence-electron chi connectivity index (χ0n) is 10.4. The van der Waals surface area contributed by atoms with Gasteiger partial charge < -0.3 is 11.1 Å². The van der Waals surface area contributed by atoms with Gasteiger partial charge in [0.25, 0.3) is 0 Å². The monoisotopic (exact) mass is 270 g/mol. The van der Waals surface area contributed by atoms with Crippen LogP contribution in [0.25, 0.3) is 0 Å². The topological polar surface area (TPSA) is 55.9 Å². The second-order valence-electron chi connectivity index (χ2n) is 4.17.